The van der Waals surface area contributed by atoms with Crippen molar-refractivity contribution in [2.45, 2.75) is 67.5 Å². The summed E-state index contributed by atoms with van der Waals surface area (Å²) in [5.74, 6) is 0.115. The van der Waals surface area contributed by atoms with E-state index in [1.807, 2.05) is 6.07 Å². The minimum Gasteiger partial charge on any atom is -0.334 e. The Kier molecular flexibility index (Phi) is 7.05. The third kappa shape index (κ3) is 5.66. The van der Waals surface area contributed by atoms with Crippen LogP contribution < -0.4 is 5.32 Å². The Labute approximate surface area is 252 Å². The minimum absolute atomic E-state index is 0.0191. The van der Waals surface area contributed by atoms with Crippen molar-refractivity contribution in [3.63, 3.8) is 0 Å². The van der Waals surface area contributed by atoms with Gasteiger partial charge in [0.2, 0.25) is 5.95 Å². The Balaban J connectivity index is 1.25. The molecule has 7 rings (SSSR count). The second-order valence-electron chi connectivity index (χ2n) is 12.1. The van der Waals surface area contributed by atoms with Crippen LogP contribution in [0, 0.1) is 0 Å². The lowest BCUT2D eigenvalue weighted by atomic mass is 9.88. The number of likely N-dealkylation sites (tertiary alicyclic amines) is 1. The highest BCUT2D eigenvalue weighted by atomic mass is 32.2. The number of sulfone groups is 1. The number of hydrogen-bond donors (Lipinski definition) is 1. The van der Waals surface area contributed by atoms with Crippen LogP contribution in [0.1, 0.15) is 76.7 Å². The van der Waals surface area contributed by atoms with Crippen LogP contribution in [0.4, 0.5) is 24.8 Å². The van der Waals surface area contributed by atoms with Crippen LogP contribution in [0.3, 0.4) is 0 Å². The van der Waals surface area contributed by atoms with Crippen LogP contribution in [0.15, 0.2) is 35.4 Å². The fourth-order valence-corrected chi connectivity index (χ4v) is 9.06. The molecule has 4 aliphatic rings. The minimum atomic E-state index is -4.78. The maximum absolute atomic E-state index is 14.2. The molecule has 3 aromatic rings. The smallest absolute Gasteiger partial charge is 0.334 e. The van der Waals surface area contributed by atoms with Crippen molar-refractivity contribution in [2.75, 3.05) is 37.8 Å². The van der Waals surface area contributed by atoms with Crippen LogP contribution in [-0.4, -0.2) is 72.6 Å². The van der Waals surface area contributed by atoms with E-state index in [2.05, 4.69) is 39.4 Å². The number of rotatable bonds is 6. The Morgan fingerprint density at radius 1 is 1.00 bits per heavy atom. The van der Waals surface area contributed by atoms with Gasteiger partial charge >= 0.3 is 6.18 Å². The van der Waals surface area contributed by atoms with Crippen LogP contribution in [0.25, 0.3) is 10.6 Å². The Morgan fingerprint density at radius 2 is 1.74 bits per heavy atom. The monoisotopic (exact) mass is 631 g/mol. The van der Waals surface area contributed by atoms with Gasteiger partial charge in [0.25, 0.3) is 5.91 Å². The molecule has 0 bridgehead atoms. The molecule has 8 nitrogen and oxygen atoms in total. The number of alkyl halides is 3. The number of halogens is 3. The van der Waals surface area contributed by atoms with Crippen molar-refractivity contribution in [1.82, 2.24) is 19.8 Å². The number of carbonyl (C=O) groups is 1. The van der Waals surface area contributed by atoms with Crippen molar-refractivity contribution in [3.05, 3.63) is 52.0 Å². The first-order valence-electron chi connectivity index (χ1n) is 14.7. The maximum atomic E-state index is 14.2. The molecule has 2 aromatic heterocycles. The summed E-state index contributed by atoms with van der Waals surface area (Å²) in [6.45, 7) is 2.17. The molecule has 0 radical (unpaired) electrons. The van der Waals surface area contributed by atoms with E-state index in [0.29, 0.717) is 11.8 Å². The molecular weight excluding hydrogens is 599 g/mol. The number of piperidine rings is 1. The van der Waals surface area contributed by atoms with Gasteiger partial charge in [0.15, 0.2) is 9.84 Å². The number of thiophene rings is 1. The molecule has 1 N–H and O–H groups in total. The van der Waals surface area contributed by atoms with Gasteiger partial charge in [0.05, 0.1) is 21.2 Å². The molecule has 13 heteroatoms. The van der Waals surface area contributed by atoms with E-state index >= 15 is 0 Å². The second-order valence-corrected chi connectivity index (χ2v) is 15.3. The van der Waals surface area contributed by atoms with E-state index in [4.69, 9.17) is 0 Å². The normalized spacial score (nSPS) is 21.5. The molecule has 4 heterocycles. The molecule has 2 aliphatic heterocycles. The highest BCUT2D eigenvalue weighted by Crippen LogP contribution is 2.46. The average molecular weight is 632 g/mol. The number of nitrogens with one attached hydrogen (secondary N) is 1. The molecule has 0 atom stereocenters. The molecule has 228 valence electrons. The van der Waals surface area contributed by atoms with E-state index in [0.717, 1.165) is 80.4 Å². The van der Waals surface area contributed by atoms with Crippen molar-refractivity contribution < 1.29 is 26.4 Å². The lowest BCUT2D eigenvalue weighted by molar-refractivity contribution is -0.137. The lowest BCUT2D eigenvalue weighted by Gasteiger charge is -2.29. The average Bonchev–Trinajstić information content (AvgIpc) is 3.91. The van der Waals surface area contributed by atoms with E-state index in [9.17, 15) is 26.4 Å². The zero-order valence-electron chi connectivity index (χ0n) is 23.7. The van der Waals surface area contributed by atoms with E-state index < -0.39 is 33.2 Å². The molecule has 3 fully saturated rings. The van der Waals surface area contributed by atoms with Gasteiger partial charge in [-0.15, -0.1) is 11.3 Å². The number of anilines is 2. The molecule has 0 unspecified atom stereocenters. The molecule has 2 aliphatic carbocycles. The van der Waals surface area contributed by atoms with Crippen LogP contribution in [0.2, 0.25) is 0 Å². The van der Waals surface area contributed by atoms with Gasteiger partial charge in [-0.05, 0) is 93.8 Å². The van der Waals surface area contributed by atoms with Crippen LogP contribution in [-0.2, 0) is 16.0 Å². The summed E-state index contributed by atoms with van der Waals surface area (Å²) in [6, 6.07) is 7.42. The van der Waals surface area contributed by atoms with Crippen molar-refractivity contribution in [3.8, 4) is 10.6 Å². The van der Waals surface area contributed by atoms with Crippen molar-refractivity contribution in [2.24, 2.45) is 0 Å². The number of fused-ring (bicyclic) bond motifs is 1. The summed E-state index contributed by atoms with van der Waals surface area (Å²) >= 11 is 0.750. The standard InChI is InChI=1S/C30H32F3N5O3S2/c1-37-10-8-17(9-11-37)19-4-7-23(21(14-19)18-2-3-18)35-29-34-16-22(30(31,32)33)26(36-29)24-15-25-27(42-24)28(39)38(20-5-6-20)12-13-43(25,40)41/h4,7,14-18,20H,2-3,5-6,8-13H2,1H3,(H,34,35,36). The van der Waals surface area contributed by atoms with Gasteiger partial charge in [-0.1, -0.05) is 12.1 Å². The Bertz CT molecular complexity index is 1690. The summed E-state index contributed by atoms with van der Waals surface area (Å²) in [5, 5.41) is 3.16. The fraction of sp³-hybridized carbons (Fsp3) is 0.500. The predicted octanol–water partition coefficient (Wildman–Crippen LogP) is 6.05. The van der Waals surface area contributed by atoms with Gasteiger partial charge in [0.1, 0.15) is 10.4 Å². The fourth-order valence-electron chi connectivity index (χ4n) is 6.15. The first-order valence-corrected chi connectivity index (χ1v) is 17.2. The van der Waals surface area contributed by atoms with Crippen molar-refractivity contribution >= 4 is 38.7 Å². The SMILES string of the molecule is CN1CCC(c2ccc(Nc3ncc(C(F)(F)F)c(-c4cc5c(s4)C(=O)N(C4CC4)CCS5(=O)=O)n3)c(C3CC3)c2)CC1. The topological polar surface area (TPSA) is 95.5 Å². The highest BCUT2D eigenvalue weighted by molar-refractivity contribution is 7.91. The Hall–Kier alpha value is -3.03. The number of benzene rings is 1. The summed E-state index contributed by atoms with van der Waals surface area (Å²) in [4.78, 5) is 25.2. The zero-order valence-corrected chi connectivity index (χ0v) is 25.3. The maximum Gasteiger partial charge on any atom is 0.420 e. The number of nitrogens with zero attached hydrogens (tertiary/aromatic N) is 4. The van der Waals surface area contributed by atoms with Gasteiger partial charge in [-0.25, -0.2) is 18.4 Å². The summed E-state index contributed by atoms with van der Waals surface area (Å²) in [7, 11) is -1.74. The van der Waals surface area contributed by atoms with Gasteiger partial charge in [-0.2, -0.15) is 13.2 Å². The number of hydrogen-bond acceptors (Lipinski definition) is 8. The van der Waals surface area contributed by atoms with Crippen molar-refractivity contribution in [1.29, 1.82) is 0 Å². The first kappa shape index (κ1) is 28.7. The van der Waals surface area contributed by atoms with E-state index in [-0.39, 0.29) is 38.9 Å². The molecule has 1 amide bonds. The summed E-state index contributed by atoms with van der Waals surface area (Å²) in [6.07, 6.45) is 1.79. The largest absolute Gasteiger partial charge is 0.420 e. The molecule has 1 saturated heterocycles. The van der Waals surface area contributed by atoms with Crippen LogP contribution >= 0.6 is 11.3 Å². The predicted molar refractivity (Wildman–Crippen MR) is 158 cm³/mol. The van der Waals surface area contributed by atoms with Crippen LogP contribution in [0.5, 0.6) is 0 Å². The van der Waals surface area contributed by atoms with E-state index in [1.165, 1.54) is 16.5 Å². The summed E-state index contributed by atoms with van der Waals surface area (Å²) in [5.41, 5.74) is 1.62. The summed E-state index contributed by atoms with van der Waals surface area (Å²) < 4.78 is 68.7. The zero-order chi connectivity index (χ0) is 30.1. The van der Waals surface area contributed by atoms with Gasteiger partial charge < -0.3 is 15.1 Å². The first-order chi connectivity index (χ1) is 20.5. The molecule has 0 spiro atoms. The highest BCUT2D eigenvalue weighted by Gasteiger charge is 2.42. The second kappa shape index (κ2) is 10.6. The number of aromatic nitrogens is 2. The van der Waals surface area contributed by atoms with E-state index in [1.54, 1.807) is 0 Å². The Morgan fingerprint density at radius 3 is 2.42 bits per heavy atom. The van der Waals surface area contributed by atoms with Gasteiger partial charge in [-0.3, -0.25) is 4.79 Å². The third-order valence-electron chi connectivity index (χ3n) is 8.93. The number of carbonyl (C=O) groups excluding carboxylic acids is 1. The molecular formula is C30H32F3N5O3S2. The lowest BCUT2D eigenvalue weighted by Crippen LogP contribution is -2.34. The number of amides is 1. The quantitative estimate of drug-likeness (QED) is 0.354. The molecule has 1 aromatic carbocycles. The third-order valence-corrected chi connectivity index (χ3v) is 11.9. The van der Waals surface area contributed by atoms with Gasteiger partial charge in [0, 0.05) is 24.5 Å². The molecule has 43 heavy (non-hydrogen) atoms. The molecule has 2 saturated carbocycles.